The lowest BCUT2D eigenvalue weighted by Gasteiger charge is -2.32. The minimum atomic E-state index is 0.0793. The van der Waals surface area contributed by atoms with E-state index in [2.05, 4.69) is 32.4 Å². The maximum atomic E-state index is 12.0. The minimum absolute atomic E-state index is 0.0793. The van der Waals surface area contributed by atoms with Crippen LogP contribution in [0, 0.1) is 5.92 Å². The Labute approximate surface area is 107 Å². The standard InChI is InChI=1S/C10H14BrN3OS/c1-7(11)8-2-4-14(5-3-8)10(15)9-6-12-13-16-9/h6-8H,2-5H2,1H3. The number of nitrogens with zero attached hydrogens (tertiary/aromatic N) is 3. The van der Waals surface area contributed by atoms with Crippen molar-refractivity contribution in [3.63, 3.8) is 0 Å². The van der Waals surface area contributed by atoms with E-state index in [4.69, 9.17) is 0 Å². The molecule has 4 nitrogen and oxygen atoms in total. The van der Waals surface area contributed by atoms with Crippen LogP contribution in [0.3, 0.4) is 0 Å². The number of piperidine rings is 1. The first-order valence-corrected chi connectivity index (χ1v) is 7.08. The molecule has 1 amide bonds. The lowest BCUT2D eigenvalue weighted by atomic mass is 9.94. The van der Waals surface area contributed by atoms with E-state index in [1.54, 1.807) is 6.20 Å². The Kier molecular flexibility index (Phi) is 3.91. The van der Waals surface area contributed by atoms with Crippen molar-refractivity contribution in [1.29, 1.82) is 0 Å². The number of carbonyl (C=O) groups is 1. The molecule has 0 aromatic carbocycles. The van der Waals surface area contributed by atoms with Crippen LogP contribution in [0.5, 0.6) is 0 Å². The summed E-state index contributed by atoms with van der Waals surface area (Å²) in [4.78, 5) is 15.1. The van der Waals surface area contributed by atoms with Crippen molar-refractivity contribution >= 4 is 33.4 Å². The smallest absolute Gasteiger partial charge is 0.267 e. The van der Waals surface area contributed by atoms with Gasteiger partial charge in [0.05, 0.1) is 6.20 Å². The molecule has 1 unspecified atom stereocenters. The Bertz CT molecular complexity index is 347. The van der Waals surface area contributed by atoms with E-state index in [9.17, 15) is 4.79 Å². The number of amides is 1. The SMILES string of the molecule is CC(Br)C1CCN(C(=O)c2cnns2)CC1. The molecule has 0 spiro atoms. The highest BCUT2D eigenvalue weighted by Crippen LogP contribution is 2.25. The number of aromatic nitrogens is 2. The molecular weight excluding hydrogens is 290 g/mol. The molecule has 0 bridgehead atoms. The molecule has 0 N–H and O–H groups in total. The lowest BCUT2D eigenvalue weighted by Crippen LogP contribution is -2.39. The zero-order chi connectivity index (χ0) is 11.5. The highest BCUT2D eigenvalue weighted by atomic mass is 79.9. The number of rotatable bonds is 2. The summed E-state index contributed by atoms with van der Waals surface area (Å²) in [5.41, 5.74) is 0. The van der Waals surface area contributed by atoms with Gasteiger partial charge in [0.2, 0.25) is 0 Å². The van der Waals surface area contributed by atoms with Gasteiger partial charge in [0.25, 0.3) is 5.91 Å². The number of halogens is 1. The summed E-state index contributed by atoms with van der Waals surface area (Å²) >= 11 is 4.78. The van der Waals surface area contributed by atoms with E-state index in [1.165, 1.54) is 11.5 Å². The van der Waals surface area contributed by atoms with E-state index in [-0.39, 0.29) is 5.91 Å². The largest absolute Gasteiger partial charge is 0.338 e. The monoisotopic (exact) mass is 303 g/mol. The van der Waals surface area contributed by atoms with Crippen molar-refractivity contribution in [3.8, 4) is 0 Å². The van der Waals surface area contributed by atoms with Gasteiger partial charge in [-0.3, -0.25) is 4.79 Å². The third-order valence-corrected chi connectivity index (χ3v) is 4.45. The molecule has 2 rings (SSSR count). The average Bonchev–Trinajstić information content (AvgIpc) is 2.81. The summed E-state index contributed by atoms with van der Waals surface area (Å²) in [5.74, 6) is 0.763. The van der Waals surface area contributed by atoms with Crippen LogP contribution in [0.4, 0.5) is 0 Å². The molecule has 1 aliphatic rings. The van der Waals surface area contributed by atoms with Gasteiger partial charge in [0.15, 0.2) is 0 Å². The van der Waals surface area contributed by atoms with Gasteiger partial charge in [-0.1, -0.05) is 27.3 Å². The summed E-state index contributed by atoms with van der Waals surface area (Å²) in [6.45, 7) is 3.87. The third kappa shape index (κ3) is 2.60. The van der Waals surface area contributed by atoms with Crippen LogP contribution in [0.2, 0.25) is 0 Å². The minimum Gasteiger partial charge on any atom is -0.338 e. The molecule has 1 aliphatic heterocycles. The Morgan fingerprint density at radius 1 is 1.62 bits per heavy atom. The lowest BCUT2D eigenvalue weighted by molar-refractivity contribution is 0.0696. The molecular formula is C10H14BrN3OS. The van der Waals surface area contributed by atoms with E-state index in [1.807, 2.05) is 4.90 Å². The first-order valence-electron chi connectivity index (χ1n) is 5.39. The molecule has 1 aromatic rings. The molecule has 1 saturated heterocycles. The molecule has 16 heavy (non-hydrogen) atoms. The van der Waals surface area contributed by atoms with Crippen molar-refractivity contribution in [2.24, 2.45) is 5.92 Å². The van der Waals surface area contributed by atoms with Crippen LogP contribution < -0.4 is 0 Å². The second-order valence-corrected chi connectivity index (χ2v) is 6.32. The zero-order valence-electron chi connectivity index (χ0n) is 9.10. The van der Waals surface area contributed by atoms with Crippen LogP contribution in [-0.2, 0) is 0 Å². The second kappa shape index (κ2) is 5.23. The fourth-order valence-corrected chi connectivity index (χ4v) is 2.99. The molecule has 0 radical (unpaired) electrons. The second-order valence-electron chi connectivity index (χ2n) is 4.09. The Hall–Kier alpha value is -0.490. The molecule has 6 heteroatoms. The normalized spacial score (nSPS) is 19.8. The average molecular weight is 304 g/mol. The van der Waals surface area contributed by atoms with Gasteiger partial charge in [-0.2, -0.15) is 0 Å². The van der Waals surface area contributed by atoms with Crippen LogP contribution in [0.15, 0.2) is 6.20 Å². The number of alkyl halides is 1. The molecule has 0 aliphatic carbocycles. The zero-order valence-corrected chi connectivity index (χ0v) is 11.5. The van der Waals surface area contributed by atoms with Crippen molar-refractivity contribution in [1.82, 2.24) is 14.5 Å². The Balaban J connectivity index is 1.92. The predicted molar refractivity (Wildman–Crippen MR) is 66.9 cm³/mol. The van der Waals surface area contributed by atoms with Gasteiger partial charge in [-0.25, -0.2) is 0 Å². The van der Waals surface area contributed by atoms with Crippen molar-refractivity contribution in [2.45, 2.75) is 24.6 Å². The summed E-state index contributed by atoms with van der Waals surface area (Å²) in [6.07, 6.45) is 3.70. The maximum absolute atomic E-state index is 12.0. The molecule has 2 heterocycles. The highest BCUT2D eigenvalue weighted by molar-refractivity contribution is 9.09. The first-order chi connectivity index (χ1) is 7.68. The van der Waals surface area contributed by atoms with E-state index in [0.29, 0.717) is 15.6 Å². The summed E-state index contributed by atoms with van der Waals surface area (Å²) in [7, 11) is 0. The number of hydrogen-bond donors (Lipinski definition) is 0. The van der Waals surface area contributed by atoms with E-state index >= 15 is 0 Å². The fraction of sp³-hybridized carbons (Fsp3) is 0.700. The van der Waals surface area contributed by atoms with Gasteiger partial charge in [-0.05, 0) is 30.3 Å². The third-order valence-electron chi connectivity index (χ3n) is 3.05. The summed E-state index contributed by atoms with van der Waals surface area (Å²) < 4.78 is 3.72. The van der Waals surface area contributed by atoms with E-state index < -0.39 is 0 Å². The summed E-state index contributed by atoms with van der Waals surface area (Å²) in [5, 5.41) is 3.69. The van der Waals surface area contributed by atoms with Crippen LogP contribution in [-0.4, -0.2) is 38.3 Å². The topological polar surface area (TPSA) is 46.1 Å². The number of carbonyl (C=O) groups excluding carboxylic acids is 1. The van der Waals surface area contributed by atoms with Gasteiger partial charge in [0.1, 0.15) is 4.88 Å². The van der Waals surface area contributed by atoms with E-state index in [0.717, 1.165) is 25.9 Å². The molecule has 88 valence electrons. The quantitative estimate of drug-likeness (QED) is 0.787. The van der Waals surface area contributed by atoms with Crippen LogP contribution in [0.25, 0.3) is 0 Å². The molecule has 1 aromatic heterocycles. The van der Waals surface area contributed by atoms with Gasteiger partial charge < -0.3 is 4.90 Å². The van der Waals surface area contributed by atoms with Crippen LogP contribution >= 0.6 is 27.5 Å². The van der Waals surface area contributed by atoms with Crippen molar-refractivity contribution in [3.05, 3.63) is 11.1 Å². The molecule has 1 fully saturated rings. The van der Waals surface area contributed by atoms with Gasteiger partial charge >= 0.3 is 0 Å². The first kappa shape index (κ1) is 12.0. The van der Waals surface area contributed by atoms with Crippen LogP contribution in [0.1, 0.15) is 29.4 Å². The maximum Gasteiger partial charge on any atom is 0.267 e. The highest BCUT2D eigenvalue weighted by Gasteiger charge is 2.26. The van der Waals surface area contributed by atoms with Gasteiger partial charge in [-0.15, -0.1) is 5.10 Å². The van der Waals surface area contributed by atoms with Crippen molar-refractivity contribution in [2.75, 3.05) is 13.1 Å². The van der Waals surface area contributed by atoms with Crippen molar-refractivity contribution < 1.29 is 4.79 Å². The summed E-state index contributed by atoms with van der Waals surface area (Å²) in [6, 6.07) is 0. The molecule has 0 saturated carbocycles. The number of likely N-dealkylation sites (tertiary alicyclic amines) is 1. The Morgan fingerprint density at radius 2 is 2.31 bits per heavy atom. The van der Waals surface area contributed by atoms with Gasteiger partial charge in [0, 0.05) is 17.9 Å². The fourth-order valence-electron chi connectivity index (χ4n) is 1.98. The predicted octanol–water partition coefficient (Wildman–Crippen LogP) is 2.17. The Morgan fingerprint density at radius 3 is 2.81 bits per heavy atom. The molecule has 1 atom stereocenters. The number of hydrogen-bond acceptors (Lipinski definition) is 4.